The summed E-state index contributed by atoms with van der Waals surface area (Å²) < 4.78 is 5.40. The predicted molar refractivity (Wildman–Crippen MR) is 64.6 cm³/mol. The topological polar surface area (TPSA) is 66.0 Å². The molecular weight excluding hydrogens is 216 g/mol. The Labute approximate surface area is 102 Å². The molecule has 1 heterocycles. The maximum Gasteiger partial charge on any atom is 0.255 e. The van der Waals surface area contributed by atoms with Crippen LogP contribution in [-0.4, -0.2) is 12.5 Å². The van der Waals surface area contributed by atoms with Crippen LogP contribution in [-0.2, 0) is 0 Å². The molecule has 0 aromatic carbocycles. The van der Waals surface area contributed by atoms with Gasteiger partial charge in [-0.15, -0.1) is 0 Å². The van der Waals surface area contributed by atoms with Gasteiger partial charge in [0.05, 0.1) is 17.0 Å². The molecule has 92 valence electrons. The minimum Gasteiger partial charge on any atom is -0.466 e. The molecule has 0 spiro atoms. The lowest BCUT2D eigenvalue weighted by atomic mass is 9.96. The SMILES string of the molecule is Cc1oc(C)c(C(=O)NCC(C)(C)C#N)c1C. The third-order valence-corrected chi connectivity index (χ3v) is 2.78. The lowest BCUT2D eigenvalue weighted by Gasteiger charge is -2.15. The first-order chi connectivity index (χ1) is 7.78. The molecule has 0 atom stereocenters. The molecule has 4 heteroatoms. The van der Waals surface area contributed by atoms with E-state index in [2.05, 4.69) is 11.4 Å². The third kappa shape index (κ3) is 2.88. The molecule has 0 saturated carbocycles. The van der Waals surface area contributed by atoms with Crippen molar-refractivity contribution >= 4 is 5.91 Å². The summed E-state index contributed by atoms with van der Waals surface area (Å²) in [4.78, 5) is 12.0. The van der Waals surface area contributed by atoms with Gasteiger partial charge in [-0.05, 0) is 34.6 Å². The number of amides is 1. The van der Waals surface area contributed by atoms with E-state index in [1.807, 2.05) is 13.8 Å². The second-order valence-corrected chi connectivity index (χ2v) is 4.89. The largest absolute Gasteiger partial charge is 0.466 e. The Hall–Kier alpha value is -1.76. The number of rotatable bonds is 3. The quantitative estimate of drug-likeness (QED) is 0.873. The van der Waals surface area contributed by atoms with Gasteiger partial charge < -0.3 is 9.73 Å². The van der Waals surface area contributed by atoms with Crippen molar-refractivity contribution in [1.29, 1.82) is 5.26 Å². The molecule has 1 aromatic rings. The van der Waals surface area contributed by atoms with Crippen molar-refractivity contribution in [2.24, 2.45) is 5.41 Å². The van der Waals surface area contributed by atoms with E-state index in [1.54, 1.807) is 20.8 Å². The van der Waals surface area contributed by atoms with Crippen LogP contribution in [0.1, 0.15) is 41.3 Å². The fraction of sp³-hybridized carbons (Fsp3) is 0.538. The second-order valence-electron chi connectivity index (χ2n) is 4.89. The fourth-order valence-electron chi connectivity index (χ4n) is 1.56. The number of nitrogens with zero attached hydrogens (tertiary/aromatic N) is 1. The molecule has 17 heavy (non-hydrogen) atoms. The van der Waals surface area contributed by atoms with Crippen molar-refractivity contribution in [3.8, 4) is 6.07 Å². The Bertz CT molecular complexity index is 478. The maximum absolute atomic E-state index is 12.0. The number of nitriles is 1. The average Bonchev–Trinajstić information content (AvgIpc) is 2.50. The number of carbonyl (C=O) groups excluding carboxylic acids is 1. The molecule has 0 aliphatic heterocycles. The zero-order valence-corrected chi connectivity index (χ0v) is 11.0. The van der Waals surface area contributed by atoms with E-state index < -0.39 is 5.41 Å². The van der Waals surface area contributed by atoms with Gasteiger partial charge in [-0.3, -0.25) is 4.79 Å². The molecule has 1 aromatic heterocycles. The van der Waals surface area contributed by atoms with E-state index in [-0.39, 0.29) is 5.91 Å². The van der Waals surface area contributed by atoms with E-state index in [0.717, 1.165) is 11.3 Å². The highest BCUT2D eigenvalue weighted by atomic mass is 16.3. The van der Waals surface area contributed by atoms with Gasteiger partial charge in [0, 0.05) is 12.1 Å². The van der Waals surface area contributed by atoms with Crippen LogP contribution in [0.3, 0.4) is 0 Å². The Morgan fingerprint density at radius 1 is 1.35 bits per heavy atom. The van der Waals surface area contributed by atoms with E-state index in [1.165, 1.54) is 0 Å². The molecule has 0 radical (unpaired) electrons. The molecule has 4 nitrogen and oxygen atoms in total. The average molecular weight is 234 g/mol. The highest BCUT2D eigenvalue weighted by molar-refractivity contribution is 5.96. The molecule has 1 N–H and O–H groups in total. The summed E-state index contributed by atoms with van der Waals surface area (Å²) in [5, 5.41) is 11.6. The number of aryl methyl sites for hydroxylation is 2. The van der Waals surface area contributed by atoms with Gasteiger partial charge in [-0.25, -0.2) is 0 Å². The standard InChI is InChI=1S/C13H18N2O2/c1-8-9(2)17-10(3)11(8)12(16)15-7-13(4,5)6-14/h7H2,1-5H3,(H,15,16). The first kappa shape index (κ1) is 13.3. The lowest BCUT2D eigenvalue weighted by molar-refractivity contribution is 0.0941. The highest BCUT2D eigenvalue weighted by Crippen LogP contribution is 2.21. The van der Waals surface area contributed by atoms with Gasteiger partial charge in [0.15, 0.2) is 0 Å². The summed E-state index contributed by atoms with van der Waals surface area (Å²) in [5.41, 5.74) is 0.877. The van der Waals surface area contributed by atoms with E-state index in [9.17, 15) is 4.79 Å². The van der Waals surface area contributed by atoms with Crippen LogP contribution in [0, 0.1) is 37.5 Å². The minimum absolute atomic E-state index is 0.180. The molecule has 0 aliphatic carbocycles. The van der Waals surface area contributed by atoms with Crippen LogP contribution in [0.4, 0.5) is 0 Å². The van der Waals surface area contributed by atoms with Gasteiger partial charge in [0.1, 0.15) is 11.5 Å². The van der Waals surface area contributed by atoms with Gasteiger partial charge >= 0.3 is 0 Å². The summed E-state index contributed by atoms with van der Waals surface area (Å²) >= 11 is 0. The first-order valence-corrected chi connectivity index (χ1v) is 5.54. The van der Waals surface area contributed by atoms with Crippen LogP contribution in [0.15, 0.2) is 4.42 Å². The normalized spacial score (nSPS) is 11.1. The number of carbonyl (C=O) groups is 1. The lowest BCUT2D eigenvalue weighted by Crippen LogP contribution is -2.33. The molecule has 0 unspecified atom stereocenters. The minimum atomic E-state index is -0.559. The van der Waals surface area contributed by atoms with Gasteiger partial charge in [-0.1, -0.05) is 0 Å². The maximum atomic E-state index is 12.0. The van der Waals surface area contributed by atoms with Crippen LogP contribution in [0.2, 0.25) is 0 Å². The van der Waals surface area contributed by atoms with Crippen LogP contribution in [0.25, 0.3) is 0 Å². The molecule has 0 bridgehead atoms. The number of nitrogens with one attached hydrogen (secondary N) is 1. The van der Waals surface area contributed by atoms with Gasteiger partial charge in [0.25, 0.3) is 5.91 Å². The van der Waals surface area contributed by atoms with E-state index >= 15 is 0 Å². The van der Waals surface area contributed by atoms with Crippen LogP contribution in [0.5, 0.6) is 0 Å². The zero-order chi connectivity index (χ0) is 13.2. The van der Waals surface area contributed by atoms with Crippen LogP contribution >= 0.6 is 0 Å². The number of furan rings is 1. The summed E-state index contributed by atoms with van der Waals surface area (Å²) in [5.74, 6) is 1.19. The molecule has 0 fully saturated rings. The Kier molecular flexibility index (Phi) is 3.62. The summed E-state index contributed by atoms with van der Waals surface area (Å²) in [6.07, 6.45) is 0. The summed E-state index contributed by atoms with van der Waals surface area (Å²) in [7, 11) is 0. The van der Waals surface area contributed by atoms with Crippen molar-refractivity contribution in [1.82, 2.24) is 5.32 Å². The molecule has 1 rings (SSSR count). The van der Waals surface area contributed by atoms with Crippen LogP contribution < -0.4 is 5.32 Å². The fourth-order valence-corrected chi connectivity index (χ4v) is 1.56. The summed E-state index contributed by atoms with van der Waals surface area (Å²) in [6.45, 7) is 9.35. The third-order valence-electron chi connectivity index (χ3n) is 2.78. The highest BCUT2D eigenvalue weighted by Gasteiger charge is 2.22. The van der Waals surface area contributed by atoms with Crippen molar-refractivity contribution in [2.45, 2.75) is 34.6 Å². The molecular formula is C13H18N2O2. The number of hydrogen-bond donors (Lipinski definition) is 1. The Morgan fingerprint density at radius 2 is 1.94 bits per heavy atom. The van der Waals surface area contributed by atoms with Gasteiger partial charge in [0.2, 0.25) is 0 Å². The second kappa shape index (κ2) is 4.62. The van der Waals surface area contributed by atoms with E-state index in [4.69, 9.17) is 9.68 Å². The Morgan fingerprint density at radius 3 is 2.35 bits per heavy atom. The molecule has 0 saturated heterocycles. The van der Waals surface area contributed by atoms with Crippen molar-refractivity contribution in [3.63, 3.8) is 0 Å². The number of hydrogen-bond acceptors (Lipinski definition) is 3. The van der Waals surface area contributed by atoms with Crippen molar-refractivity contribution < 1.29 is 9.21 Å². The zero-order valence-electron chi connectivity index (χ0n) is 11.0. The van der Waals surface area contributed by atoms with E-state index in [0.29, 0.717) is 17.9 Å². The first-order valence-electron chi connectivity index (χ1n) is 5.54. The smallest absolute Gasteiger partial charge is 0.255 e. The molecule has 1 amide bonds. The predicted octanol–water partition coefficient (Wildman–Crippen LogP) is 2.48. The monoisotopic (exact) mass is 234 g/mol. The summed E-state index contributed by atoms with van der Waals surface area (Å²) in [6, 6.07) is 2.14. The Balaban J connectivity index is 2.82. The van der Waals surface area contributed by atoms with Crippen molar-refractivity contribution in [2.75, 3.05) is 6.54 Å². The van der Waals surface area contributed by atoms with Gasteiger partial charge in [-0.2, -0.15) is 5.26 Å². The van der Waals surface area contributed by atoms with Crippen molar-refractivity contribution in [3.05, 3.63) is 22.6 Å². The molecule has 0 aliphatic rings.